The number of likely N-dealkylation sites (tertiary alicyclic amines) is 1. The predicted molar refractivity (Wildman–Crippen MR) is 109 cm³/mol. The first-order valence-electron chi connectivity index (χ1n) is 10.3. The molecule has 2 aliphatic heterocycles. The molecule has 0 aromatic heterocycles. The van der Waals surface area contributed by atoms with Gasteiger partial charge in [-0.05, 0) is 55.5 Å². The van der Waals surface area contributed by atoms with Crippen LogP contribution in [0.15, 0.2) is 18.2 Å². The molecule has 1 unspecified atom stereocenters. The van der Waals surface area contributed by atoms with Crippen molar-refractivity contribution in [2.24, 2.45) is 0 Å². The fourth-order valence-electron chi connectivity index (χ4n) is 4.29. The first-order chi connectivity index (χ1) is 14.1. The van der Waals surface area contributed by atoms with E-state index in [4.69, 9.17) is 0 Å². The molecule has 29 heavy (non-hydrogen) atoms. The van der Waals surface area contributed by atoms with Crippen molar-refractivity contribution < 1.29 is 19.2 Å². The molecular formula is C22H29N3O4. The molecule has 2 heterocycles. The Kier molecular flexibility index (Phi) is 7.14. The van der Waals surface area contributed by atoms with Crippen molar-refractivity contribution in [1.82, 2.24) is 15.1 Å². The molecule has 0 radical (unpaired) electrons. The Morgan fingerprint density at radius 1 is 1.28 bits per heavy atom. The van der Waals surface area contributed by atoms with Gasteiger partial charge in [-0.1, -0.05) is 12.1 Å². The minimum absolute atomic E-state index is 0.126. The average Bonchev–Trinajstić information content (AvgIpc) is 3.08. The molecule has 0 saturated carbocycles. The largest absolute Gasteiger partial charge is 0.359 e. The molecule has 2 aliphatic rings. The van der Waals surface area contributed by atoms with Crippen LogP contribution in [-0.2, 0) is 20.9 Å². The summed E-state index contributed by atoms with van der Waals surface area (Å²) >= 11 is 0. The number of piperidine rings is 1. The van der Waals surface area contributed by atoms with E-state index in [0.29, 0.717) is 30.9 Å². The van der Waals surface area contributed by atoms with E-state index in [1.54, 1.807) is 11.9 Å². The number of aldehydes is 2. The molecule has 0 bridgehead atoms. The highest BCUT2D eigenvalue weighted by Gasteiger charge is 2.33. The summed E-state index contributed by atoms with van der Waals surface area (Å²) in [4.78, 5) is 50.4. The van der Waals surface area contributed by atoms with E-state index >= 15 is 0 Å². The summed E-state index contributed by atoms with van der Waals surface area (Å²) < 4.78 is 0. The van der Waals surface area contributed by atoms with Crippen molar-refractivity contribution >= 4 is 24.4 Å². The topological polar surface area (TPSA) is 86.8 Å². The number of nitrogens with zero attached hydrogens (tertiary/aromatic N) is 2. The lowest BCUT2D eigenvalue weighted by molar-refractivity contribution is -0.121. The van der Waals surface area contributed by atoms with Crippen LogP contribution < -0.4 is 5.32 Å². The number of fused-ring (bicyclic) bond motifs is 1. The van der Waals surface area contributed by atoms with E-state index in [9.17, 15) is 19.2 Å². The minimum atomic E-state index is -0.586. The highest BCUT2D eigenvalue weighted by Crippen LogP contribution is 2.33. The SMILES string of the molecule is CNC(=O)CCC(C=O)N1Cc2ccc(C3CCN(CCC=O)CC3)cc2C1=O. The number of hydrogen-bond acceptors (Lipinski definition) is 5. The smallest absolute Gasteiger partial charge is 0.255 e. The molecule has 0 aliphatic carbocycles. The summed E-state index contributed by atoms with van der Waals surface area (Å²) in [5.41, 5.74) is 2.79. The lowest BCUT2D eigenvalue weighted by Crippen LogP contribution is -2.37. The van der Waals surface area contributed by atoms with Gasteiger partial charge in [-0.15, -0.1) is 0 Å². The van der Waals surface area contributed by atoms with Crippen molar-refractivity contribution in [3.8, 4) is 0 Å². The zero-order valence-corrected chi connectivity index (χ0v) is 16.9. The number of rotatable bonds is 9. The molecule has 1 aromatic carbocycles. The van der Waals surface area contributed by atoms with Gasteiger partial charge in [0.1, 0.15) is 12.6 Å². The van der Waals surface area contributed by atoms with Gasteiger partial charge in [0.25, 0.3) is 5.91 Å². The summed E-state index contributed by atoms with van der Waals surface area (Å²) in [5, 5.41) is 2.54. The second-order valence-corrected chi connectivity index (χ2v) is 7.84. The van der Waals surface area contributed by atoms with E-state index in [-0.39, 0.29) is 18.2 Å². The monoisotopic (exact) mass is 399 g/mol. The lowest BCUT2D eigenvalue weighted by Gasteiger charge is -2.31. The number of carbonyl (C=O) groups is 4. The number of amides is 2. The molecule has 1 atom stereocenters. The highest BCUT2D eigenvalue weighted by molar-refractivity contribution is 6.00. The quantitative estimate of drug-likeness (QED) is 0.636. The first kappa shape index (κ1) is 21.2. The Morgan fingerprint density at radius 2 is 2.03 bits per heavy atom. The average molecular weight is 399 g/mol. The Bertz CT molecular complexity index is 771. The van der Waals surface area contributed by atoms with Crippen LogP contribution in [0.1, 0.15) is 59.5 Å². The summed E-state index contributed by atoms with van der Waals surface area (Å²) in [7, 11) is 1.56. The molecule has 2 amide bonds. The number of hydrogen-bond donors (Lipinski definition) is 1. The molecular weight excluding hydrogens is 370 g/mol. The fourth-order valence-corrected chi connectivity index (χ4v) is 4.29. The van der Waals surface area contributed by atoms with E-state index in [2.05, 4.69) is 16.3 Å². The standard InChI is InChI=1S/C22H29N3O4/c1-23-21(28)6-5-19(15-27)25-14-18-4-3-17(13-20(18)22(25)29)16-7-10-24(11-8-16)9-2-12-26/h3-4,12-13,15-16,19H,2,5-11,14H2,1H3,(H,23,28). The minimum Gasteiger partial charge on any atom is -0.359 e. The Morgan fingerprint density at radius 3 is 2.69 bits per heavy atom. The second-order valence-electron chi connectivity index (χ2n) is 7.84. The van der Waals surface area contributed by atoms with E-state index in [1.165, 1.54) is 5.56 Å². The van der Waals surface area contributed by atoms with Gasteiger partial charge in [-0.3, -0.25) is 9.59 Å². The van der Waals surface area contributed by atoms with Crippen LogP contribution in [0.5, 0.6) is 0 Å². The molecule has 1 N–H and O–H groups in total. The fraction of sp³-hybridized carbons (Fsp3) is 0.545. The van der Waals surface area contributed by atoms with E-state index < -0.39 is 6.04 Å². The van der Waals surface area contributed by atoms with Crippen molar-refractivity contribution in [3.63, 3.8) is 0 Å². The molecule has 7 heteroatoms. The third-order valence-corrected chi connectivity index (χ3v) is 6.09. The van der Waals surface area contributed by atoms with Gasteiger partial charge >= 0.3 is 0 Å². The number of carbonyl (C=O) groups excluding carboxylic acids is 4. The molecule has 156 valence electrons. The van der Waals surface area contributed by atoms with Gasteiger partial charge in [-0.25, -0.2) is 0 Å². The van der Waals surface area contributed by atoms with Gasteiger partial charge in [0.15, 0.2) is 0 Å². The maximum atomic E-state index is 12.9. The highest BCUT2D eigenvalue weighted by atomic mass is 16.2. The second kappa shape index (κ2) is 9.78. The zero-order valence-electron chi connectivity index (χ0n) is 16.9. The molecule has 0 spiro atoms. The summed E-state index contributed by atoms with van der Waals surface area (Å²) in [6.07, 6.45) is 4.87. The number of benzene rings is 1. The molecule has 1 fully saturated rings. The van der Waals surface area contributed by atoms with Gasteiger partial charge in [0.2, 0.25) is 5.91 Å². The third kappa shape index (κ3) is 4.90. The van der Waals surface area contributed by atoms with E-state index in [1.807, 2.05) is 12.1 Å². The summed E-state index contributed by atoms with van der Waals surface area (Å²) in [6.45, 7) is 3.15. The van der Waals surface area contributed by atoms with Crippen LogP contribution in [0.25, 0.3) is 0 Å². The first-order valence-corrected chi connectivity index (χ1v) is 10.3. The van der Waals surface area contributed by atoms with Gasteiger partial charge in [0, 0.05) is 38.5 Å². The third-order valence-electron chi connectivity index (χ3n) is 6.09. The number of nitrogens with one attached hydrogen (secondary N) is 1. The summed E-state index contributed by atoms with van der Waals surface area (Å²) in [5.74, 6) is 0.145. The maximum absolute atomic E-state index is 12.9. The van der Waals surface area contributed by atoms with Crippen LogP contribution in [0.4, 0.5) is 0 Å². The Balaban J connectivity index is 1.65. The van der Waals surface area contributed by atoms with Gasteiger partial charge < -0.3 is 24.7 Å². The maximum Gasteiger partial charge on any atom is 0.255 e. The predicted octanol–water partition coefficient (Wildman–Crippen LogP) is 1.50. The van der Waals surface area contributed by atoms with Crippen molar-refractivity contribution in [2.75, 3.05) is 26.7 Å². The lowest BCUT2D eigenvalue weighted by atomic mass is 9.88. The molecule has 7 nitrogen and oxygen atoms in total. The van der Waals surface area contributed by atoms with Crippen molar-refractivity contribution in [3.05, 3.63) is 34.9 Å². The van der Waals surface area contributed by atoms with Crippen LogP contribution >= 0.6 is 0 Å². The molecule has 3 rings (SSSR count). The summed E-state index contributed by atoms with van der Waals surface area (Å²) in [6, 6.07) is 5.50. The molecule has 1 saturated heterocycles. The van der Waals surface area contributed by atoms with Crippen LogP contribution in [0, 0.1) is 0 Å². The van der Waals surface area contributed by atoms with Gasteiger partial charge in [-0.2, -0.15) is 0 Å². The van der Waals surface area contributed by atoms with Crippen LogP contribution in [0.2, 0.25) is 0 Å². The van der Waals surface area contributed by atoms with Crippen LogP contribution in [0.3, 0.4) is 0 Å². The Labute approximate surface area is 171 Å². The van der Waals surface area contributed by atoms with Gasteiger partial charge in [0.05, 0.1) is 6.04 Å². The van der Waals surface area contributed by atoms with Crippen LogP contribution in [-0.4, -0.2) is 66.9 Å². The molecule has 1 aromatic rings. The Hall–Kier alpha value is -2.54. The van der Waals surface area contributed by atoms with E-state index in [0.717, 1.165) is 50.6 Å². The zero-order chi connectivity index (χ0) is 20.8. The van der Waals surface area contributed by atoms with Crippen molar-refractivity contribution in [1.29, 1.82) is 0 Å². The normalized spacial score (nSPS) is 18.4. The van der Waals surface area contributed by atoms with Crippen molar-refractivity contribution in [2.45, 2.75) is 50.6 Å².